The predicted molar refractivity (Wildman–Crippen MR) is 64.7 cm³/mol. The first-order valence-electron chi connectivity index (χ1n) is 6.48. The summed E-state index contributed by atoms with van der Waals surface area (Å²) in [6.07, 6.45) is 7.35. The quantitative estimate of drug-likeness (QED) is 0.692. The molecule has 0 N–H and O–H groups in total. The Kier molecular flexibility index (Phi) is 2.55. The van der Waals surface area contributed by atoms with Crippen molar-refractivity contribution >= 4 is 5.78 Å². The molecule has 1 atom stereocenters. The number of rotatable bonds is 1. The molecule has 16 heavy (non-hydrogen) atoms. The van der Waals surface area contributed by atoms with Gasteiger partial charge in [-0.05, 0) is 36.7 Å². The van der Waals surface area contributed by atoms with Crippen molar-refractivity contribution in [2.45, 2.75) is 44.4 Å². The minimum atomic E-state index is 0.352. The zero-order chi connectivity index (χ0) is 11.0. The van der Waals surface area contributed by atoms with Crippen LogP contribution in [0.1, 0.15) is 60.4 Å². The van der Waals surface area contributed by atoms with Gasteiger partial charge in [0, 0.05) is 12.0 Å². The Hall–Kier alpha value is -1.11. The van der Waals surface area contributed by atoms with Crippen LogP contribution in [-0.2, 0) is 0 Å². The van der Waals surface area contributed by atoms with Gasteiger partial charge in [0.25, 0.3) is 0 Å². The maximum absolute atomic E-state index is 11.8. The van der Waals surface area contributed by atoms with E-state index in [4.69, 9.17) is 0 Å². The fraction of sp³-hybridized carbons (Fsp3) is 0.533. The first kappa shape index (κ1) is 10.1. The van der Waals surface area contributed by atoms with Crippen molar-refractivity contribution in [3.63, 3.8) is 0 Å². The van der Waals surface area contributed by atoms with Crippen LogP contribution in [0.15, 0.2) is 24.3 Å². The summed E-state index contributed by atoms with van der Waals surface area (Å²) in [5.41, 5.74) is 2.34. The Labute approximate surface area is 96.9 Å². The predicted octanol–water partition coefficient (Wildman–Crippen LogP) is 3.94. The molecule has 84 valence electrons. The number of fused-ring (bicyclic) bond motifs is 1. The van der Waals surface area contributed by atoms with E-state index in [0.717, 1.165) is 24.3 Å². The van der Waals surface area contributed by atoms with Gasteiger partial charge in [-0.15, -0.1) is 0 Å². The molecule has 0 aromatic heterocycles. The second-order valence-corrected chi connectivity index (χ2v) is 5.20. The highest BCUT2D eigenvalue weighted by molar-refractivity contribution is 5.98. The number of benzene rings is 1. The van der Waals surface area contributed by atoms with Gasteiger partial charge in [0.2, 0.25) is 0 Å². The number of carbonyl (C=O) groups excluding carboxylic acids is 1. The lowest BCUT2D eigenvalue weighted by atomic mass is 9.75. The molecule has 1 heteroatoms. The standard InChI is InChI=1S/C15H18O/c16-15-10-9-12(11-5-1-2-6-11)13-7-3-4-8-14(13)15/h3-4,7-8,11-12H,1-2,5-6,9-10H2/t12-/m0/s1. The summed E-state index contributed by atoms with van der Waals surface area (Å²) >= 11 is 0. The van der Waals surface area contributed by atoms with Gasteiger partial charge < -0.3 is 0 Å². The van der Waals surface area contributed by atoms with Crippen LogP contribution in [-0.4, -0.2) is 5.78 Å². The molecular weight excluding hydrogens is 196 g/mol. The van der Waals surface area contributed by atoms with E-state index in [1.807, 2.05) is 12.1 Å². The molecule has 0 heterocycles. The van der Waals surface area contributed by atoms with Gasteiger partial charge in [0.1, 0.15) is 0 Å². The minimum absolute atomic E-state index is 0.352. The molecule has 1 saturated carbocycles. The minimum Gasteiger partial charge on any atom is -0.294 e. The molecule has 2 aliphatic rings. The highest BCUT2D eigenvalue weighted by atomic mass is 16.1. The summed E-state index contributed by atoms with van der Waals surface area (Å²) in [7, 11) is 0. The van der Waals surface area contributed by atoms with Crippen LogP contribution in [0, 0.1) is 5.92 Å². The average Bonchev–Trinajstić information content (AvgIpc) is 2.83. The molecule has 0 unspecified atom stereocenters. The van der Waals surface area contributed by atoms with Gasteiger partial charge in [0.15, 0.2) is 5.78 Å². The van der Waals surface area contributed by atoms with Crippen molar-refractivity contribution in [2.24, 2.45) is 5.92 Å². The van der Waals surface area contributed by atoms with Crippen molar-refractivity contribution in [2.75, 3.05) is 0 Å². The zero-order valence-electron chi connectivity index (χ0n) is 9.61. The van der Waals surface area contributed by atoms with Crippen molar-refractivity contribution in [3.05, 3.63) is 35.4 Å². The third-order valence-electron chi connectivity index (χ3n) is 4.31. The molecule has 0 bridgehead atoms. The number of hydrogen-bond acceptors (Lipinski definition) is 1. The lowest BCUT2D eigenvalue weighted by Gasteiger charge is -2.29. The van der Waals surface area contributed by atoms with Gasteiger partial charge >= 0.3 is 0 Å². The molecule has 0 saturated heterocycles. The van der Waals surface area contributed by atoms with E-state index in [0.29, 0.717) is 11.7 Å². The average molecular weight is 214 g/mol. The second kappa shape index (κ2) is 4.04. The summed E-state index contributed by atoms with van der Waals surface area (Å²) in [6.45, 7) is 0. The normalized spacial score (nSPS) is 25.8. The van der Waals surface area contributed by atoms with Crippen LogP contribution in [0.5, 0.6) is 0 Å². The highest BCUT2D eigenvalue weighted by Crippen LogP contribution is 2.43. The Morgan fingerprint density at radius 3 is 2.56 bits per heavy atom. The van der Waals surface area contributed by atoms with Crippen LogP contribution < -0.4 is 0 Å². The van der Waals surface area contributed by atoms with E-state index in [9.17, 15) is 4.79 Å². The maximum Gasteiger partial charge on any atom is 0.163 e. The lowest BCUT2D eigenvalue weighted by Crippen LogP contribution is -2.20. The van der Waals surface area contributed by atoms with E-state index in [-0.39, 0.29) is 0 Å². The maximum atomic E-state index is 11.8. The van der Waals surface area contributed by atoms with E-state index in [1.165, 1.54) is 31.2 Å². The first-order valence-corrected chi connectivity index (χ1v) is 6.48. The molecular formula is C15H18O. The van der Waals surface area contributed by atoms with Crippen molar-refractivity contribution in [1.29, 1.82) is 0 Å². The molecule has 1 aromatic carbocycles. The van der Waals surface area contributed by atoms with Gasteiger partial charge in [-0.2, -0.15) is 0 Å². The summed E-state index contributed by atoms with van der Waals surface area (Å²) in [5.74, 6) is 1.86. The molecule has 1 aromatic rings. The van der Waals surface area contributed by atoms with E-state index < -0.39 is 0 Å². The largest absolute Gasteiger partial charge is 0.294 e. The fourth-order valence-corrected chi connectivity index (χ4v) is 3.50. The van der Waals surface area contributed by atoms with Crippen LogP contribution in [0.4, 0.5) is 0 Å². The van der Waals surface area contributed by atoms with Crippen molar-refractivity contribution in [3.8, 4) is 0 Å². The van der Waals surface area contributed by atoms with Gasteiger partial charge in [-0.25, -0.2) is 0 Å². The smallest absolute Gasteiger partial charge is 0.163 e. The summed E-state index contributed by atoms with van der Waals surface area (Å²) < 4.78 is 0. The Morgan fingerprint density at radius 1 is 1.00 bits per heavy atom. The fourth-order valence-electron chi connectivity index (χ4n) is 3.50. The summed E-state index contributed by atoms with van der Waals surface area (Å²) in [5, 5.41) is 0. The third-order valence-corrected chi connectivity index (χ3v) is 4.31. The molecule has 0 spiro atoms. The molecule has 0 amide bonds. The zero-order valence-corrected chi connectivity index (χ0v) is 9.61. The topological polar surface area (TPSA) is 17.1 Å². The van der Waals surface area contributed by atoms with Crippen molar-refractivity contribution < 1.29 is 4.79 Å². The van der Waals surface area contributed by atoms with Crippen LogP contribution >= 0.6 is 0 Å². The van der Waals surface area contributed by atoms with Crippen LogP contribution in [0.25, 0.3) is 0 Å². The van der Waals surface area contributed by atoms with E-state index >= 15 is 0 Å². The third kappa shape index (κ3) is 1.59. The number of Topliss-reactive ketones (excluding diaryl/α,β-unsaturated/α-hetero) is 1. The van der Waals surface area contributed by atoms with Gasteiger partial charge in [-0.3, -0.25) is 4.79 Å². The first-order chi connectivity index (χ1) is 7.86. The van der Waals surface area contributed by atoms with Gasteiger partial charge in [0.05, 0.1) is 0 Å². The number of carbonyl (C=O) groups is 1. The number of ketones is 1. The molecule has 2 aliphatic carbocycles. The Bertz CT molecular complexity index is 402. The van der Waals surface area contributed by atoms with Gasteiger partial charge in [-0.1, -0.05) is 37.1 Å². The Balaban J connectivity index is 1.97. The Morgan fingerprint density at radius 2 is 1.75 bits per heavy atom. The molecule has 1 fully saturated rings. The molecule has 0 radical (unpaired) electrons. The summed E-state index contributed by atoms with van der Waals surface area (Å²) in [4.78, 5) is 11.8. The van der Waals surface area contributed by atoms with E-state index in [1.54, 1.807) is 0 Å². The highest BCUT2D eigenvalue weighted by Gasteiger charge is 2.32. The molecule has 3 rings (SSSR count). The molecule has 1 nitrogen and oxygen atoms in total. The monoisotopic (exact) mass is 214 g/mol. The SMILES string of the molecule is O=C1CC[C@@H](C2CCCC2)c2ccccc21. The van der Waals surface area contributed by atoms with Crippen LogP contribution in [0.2, 0.25) is 0 Å². The van der Waals surface area contributed by atoms with Crippen molar-refractivity contribution in [1.82, 2.24) is 0 Å². The van der Waals surface area contributed by atoms with Crippen LogP contribution in [0.3, 0.4) is 0 Å². The second-order valence-electron chi connectivity index (χ2n) is 5.20. The molecule has 0 aliphatic heterocycles. The lowest BCUT2D eigenvalue weighted by molar-refractivity contribution is 0.0961. The number of hydrogen-bond donors (Lipinski definition) is 0. The summed E-state index contributed by atoms with van der Waals surface area (Å²) in [6, 6.07) is 8.27. The van der Waals surface area contributed by atoms with E-state index in [2.05, 4.69) is 12.1 Å².